The van der Waals surface area contributed by atoms with Crippen LogP contribution in [0.25, 0.3) is 0 Å². The minimum atomic E-state index is -0.316. The number of nitrogens with one attached hydrogen (secondary N) is 1. The van der Waals surface area contributed by atoms with Gasteiger partial charge in [0.25, 0.3) is 5.91 Å². The van der Waals surface area contributed by atoms with Crippen molar-refractivity contribution in [3.05, 3.63) is 0 Å². The number of ether oxygens (including phenoxy) is 1. The van der Waals surface area contributed by atoms with E-state index in [4.69, 9.17) is 4.74 Å². The Kier molecular flexibility index (Phi) is 5.92. The fraction of sp³-hybridized carbons (Fsp3) is 0.923. The molecule has 1 saturated heterocycles. The molecule has 3 atom stereocenters. The molecule has 4 nitrogen and oxygen atoms in total. The summed E-state index contributed by atoms with van der Waals surface area (Å²) in [5.74, 6) is 0.692. The van der Waals surface area contributed by atoms with Crippen molar-refractivity contribution in [2.24, 2.45) is 5.92 Å². The SMILES string of the molecule is CCNC1CCN(C(=O)C(C)OC)CC1CC. The zero-order valence-corrected chi connectivity index (χ0v) is 11.5. The molecule has 0 aromatic carbocycles. The highest BCUT2D eigenvalue weighted by Crippen LogP contribution is 2.21. The summed E-state index contributed by atoms with van der Waals surface area (Å²) in [5.41, 5.74) is 0. The summed E-state index contributed by atoms with van der Waals surface area (Å²) in [5, 5.41) is 3.52. The predicted octanol–water partition coefficient (Wildman–Crippen LogP) is 1.26. The number of hydrogen-bond donors (Lipinski definition) is 1. The maximum atomic E-state index is 12.0. The first-order chi connectivity index (χ1) is 8.13. The van der Waals surface area contributed by atoms with Crippen LogP contribution in [0.4, 0.5) is 0 Å². The molecule has 0 aromatic heterocycles. The largest absolute Gasteiger partial charge is 0.372 e. The Balaban J connectivity index is 2.55. The lowest BCUT2D eigenvalue weighted by atomic mass is 9.89. The molecule has 0 saturated carbocycles. The van der Waals surface area contributed by atoms with Crippen molar-refractivity contribution in [2.75, 3.05) is 26.7 Å². The summed E-state index contributed by atoms with van der Waals surface area (Å²) in [6.07, 6.45) is 1.85. The highest BCUT2D eigenvalue weighted by Gasteiger charge is 2.31. The molecule has 0 radical (unpaired) electrons. The molecule has 4 heteroatoms. The van der Waals surface area contributed by atoms with Crippen molar-refractivity contribution in [3.63, 3.8) is 0 Å². The van der Waals surface area contributed by atoms with Gasteiger partial charge in [0.1, 0.15) is 6.10 Å². The molecule has 1 aliphatic rings. The van der Waals surface area contributed by atoms with E-state index in [0.717, 1.165) is 32.5 Å². The van der Waals surface area contributed by atoms with Gasteiger partial charge in [-0.1, -0.05) is 20.3 Å². The van der Waals surface area contributed by atoms with Crippen LogP contribution in [-0.4, -0.2) is 49.7 Å². The van der Waals surface area contributed by atoms with Gasteiger partial charge in [0.15, 0.2) is 0 Å². The summed E-state index contributed by atoms with van der Waals surface area (Å²) in [6, 6.07) is 0.562. The van der Waals surface area contributed by atoms with Crippen LogP contribution in [0.1, 0.15) is 33.6 Å². The van der Waals surface area contributed by atoms with E-state index in [2.05, 4.69) is 19.2 Å². The summed E-state index contributed by atoms with van der Waals surface area (Å²) < 4.78 is 5.10. The minimum Gasteiger partial charge on any atom is -0.372 e. The van der Waals surface area contributed by atoms with Crippen LogP contribution in [0.15, 0.2) is 0 Å². The average Bonchev–Trinajstić information content (AvgIpc) is 2.37. The van der Waals surface area contributed by atoms with Crippen LogP contribution in [0.2, 0.25) is 0 Å². The number of hydrogen-bond acceptors (Lipinski definition) is 3. The van der Waals surface area contributed by atoms with E-state index in [1.807, 2.05) is 11.8 Å². The van der Waals surface area contributed by atoms with Gasteiger partial charge in [-0.05, 0) is 25.8 Å². The number of likely N-dealkylation sites (tertiary alicyclic amines) is 1. The summed E-state index contributed by atoms with van der Waals surface area (Å²) in [7, 11) is 1.59. The highest BCUT2D eigenvalue weighted by molar-refractivity contribution is 5.80. The van der Waals surface area contributed by atoms with Crippen LogP contribution < -0.4 is 5.32 Å². The number of rotatable bonds is 5. The van der Waals surface area contributed by atoms with E-state index >= 15 is 0 Å². The molecule has 1 rings (SSSR count). The van der Waals surface area contributed by atoms with E-state index < -0.39 is 0 Å². The van der Waals surface area contributed by atoms with Crippen molar-refractivity contribution in [3.8, 4) is 0 Å². The number of amides is 1. The number of carbonyl (C=O) groups is 1. The van der Waals surface area contributed by atoms with Gasteiger partial charge in [-0.15, -0.1) is 0 Å². The average molecular weight is 242 g/mol. The fourth-order valence-electron chi connectivity index (χ4n) is 2.53. The third kappa shape index (κ3) is 3.68. The maximum Gasteiger partial charge on any atom is 0.251 e. The Labute approximate surface area is 105 Å². The van der Waals surface area contributed by atoms with E-state index in [0.29, 0.717) is 12.0 Å². The molecular formula is C13H26N2O2. The zero-order valence-electron chi connectivity index (χ0n) is 11.5. The van der Waals surface area contributed by atoms with Crippen LogP contribution in [0.5, 0.6) is 0 Å². The third-order valence-electron chi connectivity index (χ3n) is 3.74. The fourth-order valence-corrected chi connectivity index (χ4v) is 2.53. The second-order valence-corrected chi connectivity index (χ2v) is 4.78. The molecule has 3 unspecified atom stereocenters. The predicted molar refractivity (Wildman–Crippen MR) is 68.9 cm³/mol. The molecule has 1 aliphatic heterocycles. The Morgan fingerprint density at radius 1 is 1.53 bits per heavy atom. The normalized spacial score (nSPS) is 26.9. The first-order valence-electron chi connectivity index (χ1n) is 6.68. The standard InChI is InChI=1S/C13H26N2O2/c1-5-11-9-15(13(16)10(3)17-4)8-7-12(11)14-6-2/h10-12,14H,5-9H2,1-4H3. The number of methoxy groups -OCH3 is 1. The molecule has 0 aromatic rings. The molecule has 0 aliphatic carbocycles. The zero-order chi connectivity index (χ0) is 12.8. The van der Waals surface area contributed by atoms with E-state index in [1.165, 1.54) is 0 Å². The molecule has 1 fully saturated rings. The third-order valence-corrected chi connectivity index (χ3v) is 3.74. The molecule has 17 heavy (non-hydrogen) atoms. The molecular weight excluding hydrogens is 216 g/mol. The van der Waals surface area contributed by atoms with Crippen molar-refractivity contribution in [1.29, 1.82) is 0 Å². The van der Waals surface area contributed by atoms with Gasteiger partial charge in [-0.3, -0.25) is 4.79 Å². The molecule has 0 bridgehead atoms. The van der Waals surface area contributed by atoms with Gasteiger partial charge in [0, 0.05) is 26.2 Å². The first-order valence-corrected chi connectivity index (χ1v) is 6.68. The van der Waals surface area contributed by atoms with E-state index in [9.17, 15) is 4.79 Å². The maximum absolute atomic E-state index is 12.0. The molecule has 1 amide bonds. The summed E-state index contributed by atoms with van der Waals surface area (Å²) in [4.78, 5) is 14.0. The summed E-state index contributed by atoms with van der Waals surface area (Å²) in [6.45, 7) is 8.87. The number of nitrogens with zero attached hydrogens (tertiary/aromatic N) is 1. The van der Waals surface area contributed by atoms with Crippen molar-refractivity contribution in [1.82, 2.24) is 10.2 Å². The van der Waals surface area contributed by atoms with Gasteiger partial charge in [0.05, 0.1) is 0 Å². The van der Waals surface area contributed by atoms with Gasteiger partial charge in [-0.25, -0.2) is 0 Å². The van der Waals surface area contributed by atoms with Crippen LogP contribution in [0, 0.1) is 5.92 Å². The second-order valence-electron chi connectivity index (χ2n) is 4.78. The quantitative estimate of drug-likeness (QED) is 0.789. The highest BCUT2D eigenvalue weighted by atomic mass is 16.5. The Hall–Kier alpha value is -0.610. The Morgan fingerprint density at radius 2 is 2.24 bits per heavy atom. The Morgan fingerprint density at radius 3 is 2.76 bits per heavy atom. The smallest absolute Gasteiger partial charge is 0.251 e. The van der Waals surface area contributed by atoms with E-state index in [-0.39, 0.29) is 12.0 Å². The lowest BCUT2D eigenvalue weighted by molar-refractivity contribution is -0.143. The Bertz CT molecular complexity index is 246. The lowest BCUT2D eigenvalue weighted by Crippen LogP contribution is -2.52. The van der Waals surface area contributed by atoms with Crippen molar-refractivity contribution >= 4 is 5.91 Å². The minimum absolute atomic E-state index is 0.126. The van der Waals surface area contributed by atoms with Crippen molar-refractivity contribution in [2.45, 2.75) is 45.8 Å². The number of carbonyl (C=O) groups excluding carboxylic acids is 1. The van der Waals surface area contributed by atoms with Crippen LogP contribution >= 0.6 is 0 Å². The van der Waals surface area contributed by atoms with E-state index in [1.54, 1.807) is 7.11 Å². The summed E-state index contributed by atoms with van der Waals surface area (Å²) >= 11 is 0. The first kappa shape index (κ1) is 14.5. The van der Waals surface area contributed by atoms with Gasteiger partial charge in [-0.2, -0.15) is 0 Å². The van der Waals surface area contributed by atoms with Crippen molar-refractivity contribution < 1.29 is 9.53 Å². The van der Waals surface area contributed by atoms with Crippen LogP contribution in [0.3, 0.4) is 0 Å². The molecule has 1 N–H and O–H groups in total. The van der Waals surface area contributed by atoms with Crippen LogP contribution in [-0.2, 0) is 9.53 Å². The number of piperidine rings is 1. The molecule has 100 valence electrons. The monoisotopic (exact) mass is 242 g/mol. The molecule has 1 heterocycles. The van der Waals surface area contributed by atoms with Gasteiger partial charge < -0.3 is 15.0 Å². The second kappa shape index (κ2) is 6.97. The van der Waals surface area contributed by atoms with Gasteiger partial charge in [0.2, 0.25) is 0 Å². The topological polar surface area (TPSA) is 41.6 Å². The lowest BCUT2D eigenvalue weighted by Gasteiger charge is -2.39. The molecule has 0 spiro atoms. The van der Waals surface area contributed by atoms with Gasteiger partial charge >= 0.3 is 0 Å².